The summed E-state index contributed by atoms with van der Waals surface area (Å²) in [6.45, 7) is 0. The van der Waals surface area contributed by atoms with Gasteiger partial charge in [-0.1, -0.05) is 30.3 Å². The minimum absolute atomic E-state index is 0.216. The smallest absolute Gasteiger partial charge is 0.123 e. The van der Waals surface area contributed by atoms with Crippen molar-refractivity contribution in [3.8, 4) is 16.9 Å². The molecule has 88 valence electrons. The van der Waals surface area contributed by atoms with Gasteiger partial charge in [0.2, 0.25) is 0 Å². The first-order valence-electron chi connectivity index (χ1n) is 5.83. The molecule has 3 rings (SSSR count). The van der Waals surface area contributed by atoms with E-state index in [4.69, 9.17) is 0 Å². The Hall–Kier alpha value is -2.35. The van der Waals surface area contributed by atoms with Crippen molar-refractivity contribution in [3.63, 3.8) is 0 Å². The fraction of sp³-hybridized carbons (Fsp3) is 0. The van der Waals surface area contributed by atoms with E-state index in [0.717, 1.165) is 16.9 Å². The fourth-order valence-corrected chi connectivity index (χ4v) is 2.05. The Morgan fingerprint density at radius 3 is 2.17 bits per heavy atom. The molecule has 0 unspecified atom stereocenters. The Morgan fingerprint density at radius 2 is 1.44 bits per heavy atom. The highest BCUT2D eigenvalue weighted by Gasteiger charge is 2.05. The van der Waals surface area contributed by atoms with E-state index in [1.54, 1.807) is 12.1 Å². The molecule has 1 aromatic heterocycles. The molecule has 0 aliphatic heterocycles. The van der Waals surface area contributed by atoms with E-state index < -0.39 is 0 Å². The molecule has 2 heteroatoms. The van der Waals surface area contributed by atoms with Crippen LogP contribution < -0.4 is 0 Å². The molecule has 0 saturated heterocycles. The molecule has 2 aromatic carbocycles. The number of aromatic nitrogens is 1. The van der Waals surface area contributed by atoms with Crippen LogP contribution in [0.3, 0.4) is 0 Å². The normalized spacial score (nSPS) is 10.5. The van der Waals surface area contributed by atoms with Crippen LogP contribution in [-0.4, -0.2) is 4.57 Å². The molecular formula is C16H12FN. The number of nitrogens with zero attached hydrogens (tertiary/aromatic N) is 1. The third kappa shape index (κ3) is 1.93. The summed E-state index contributed by atoms with van der Waals surface area (Å²) in [7, 11) is 0. The van der Waals surface area contributed by atoms with Gasteiger partial charge in [-0.25, -0.2) is 4.39 Å². The van der Waals surface area contributed by atoms with Crippen LogP contribution in [0.25, 0.3) is 16.9 Å². The summed E-state index contributed by atoms with van der Waals surface area (Å²) in [6.07, 6.45) is 1.98. The van der Waals surface area contributed by atoms with E-state index in [9.17, 15) is 4.39 Å². The summed E-state index contributed by atoms with van der Waals surface area (Å²) < 4.78 is 15.0. The van der Waals surface area contributed by atoms with Crippen molar-refractivity contribution in [2.45, 2.75) is 0 Å². The standard InChI is InChI=1S/C16H12FN/c17-14-8-10-15(11-9-14)18-12-4-7-16(18)13-5-2-1-3-6-13/h1-12H. The zero-order valence-electron chi connectivity index (χ0n) is 9.75. The molecule has 0 aliphatic rings. The molecule has 18 heavy (non-hydrogen) atoms. The van der Waals surface area contributed by atoms with Gasteiger partial charge in [-0.15, -0.1) is 0 Å². The zero-order chi connectivity index (χ0) is 12.4. The maximum Gasteiger partial charge on any atom is 0.123 e. The van der Waals surface area contributed by atoms with Gasteiger partial charge in [-0.05, 0) is 42.0 Å². The van der Waals surface area contributed by atoms with Crippen LogP contribution in [0, 0.1) is 5.82 Å². The third-order valence-corrected chi connectivity index (χ3v) is 2.92. The molecule has 3 aromatic rings. The Balaban J connectivity index is 2.10. The van der Waals surface area contributed by atoms with Gasteiger partial charge in [0.15, 0.2) is 0 Å². The maximum absolute atomic E-state index is 12.9. The van der Waals surface area contributed by atoms with Crippen LogP contribution >= 0.6 is 0 Å². The van der Waals surface area contributed by atoms with Crippen LogP contribution in [0.5, 0.6) is 0 Å². The summed E-state index contributed by atoms with van der Waals surface area (Å²) in [5, 5.41) is 0. The Bertz CT molecular complexity index is 638. The van der Waals surface area contributed by atoms with Crippen LogP contribution in [0.15, 0.2) is 72.9 Å². The number of hydrogen-bond acceptors (Lipinski definition) is 0. The second-order valence-corrected chi connectivity index (χ2v) is 4.11. The summed E-state index contributed by atoms with van der Waals surface area (Å²) in [4.78, 5) is 0. The van der Waals surface area contributed by atoms with Crippen molar-refractivity contribution in [2.75, 3.05) is 0 Å². The van der Waals surface area contributed by atoms with Crippen molar-refractivity contribution >= 4 is 0 Å². The zero-order valence-corrected chi connectivity index (χ0v) is 9.75. The molecule has 1 heterocycles. The van der Waals surface area contributed by atoms with Crippen molar-refractivity contribution in [3.05, 3.63) is 78.7 Å². The predicted molar refractivity (Wildman–Crippen MR) is 71.2 cm³/mol. The van der Waals surface area contributed by atoms with E-state index in [2.05, 4.69) is 22.8 Å². The van der Waals surface area contributed by atoms with Crippen molar-refractivity contribution in [2.24, 2.45) is 0 Å². The van der Waals surface area contributed by atoms with E-state index in [-0.39, 0.29) is 5.82 Å². The molecule has 0 atom stereocenters. The minimum Gasteiger partial charge on any atom is -0.317 e. The molecule has 0 bridgehead atoms. The lowest BCUT2D eigenvalue weighted by Crippen LogP contribution is -1.94. The van der Waals surface area contributed by atoms with E-state index >= 15 is 0 Å². The number of halogens is 1. The average molecular weight is 237 g/mol. The number of hydrogen-bond donors (Lipinski definition) is 0. The third-order valence-electron chi connectivity index (χ3n) is 2.92. The molecule has 0 radical (unpaired) electrons. The highest BCUT2D eigenvalue weighted by molar-refractivity contribution is 5.62. The Morgan fingerprint density at radius 1 is 0.722 bits per heavy atom. The van der Waals surface area contributed by atoms with Crippen molar-refractivity contribution < 1.29 is 4.39 Å². The molecule has 0 fully saturated rings. The van der Waals surface area contributed by atoms with Gasteiger partial charge < -0.3 is 4.57 Å². The van der Waals surface area contributed by atoms with E-state index in [0.29, 0.717) is 0 Å². The highest BCUT2D eigenvalue weighted by Crippen LogP contribution is 2.23. The van der Waals surface area contributed by atoms with Gasteiger partial charge in [-0.2, -0.15) is 0 Å². The second-order valence-electron chi connectivity index (χ2n) is 4.11. The topological polar surface area (TPSA) is 4.93 Å². The van der Waals surface area contributed by atoms with Gasteiger partial charge in [0.05, 0.1) is 5.69 Å². The van der Waals surface area contributed by atoms with Gasteiger partial charge >= 0.3 is 0 Å². The van der Waals surface area contributed by atoms with E-state index in [1.165, 1.54) is 12.1 Å². The Labute approximate surface area is 105 Å². The maximum atomic E-state index is 12.9. The average Bonchev–Trinajstić information content (AvgIpc) is 2.90. The Kier molecular flexibility index (Phi) is 2.69. The minimum atomic E-state index is -0.216. The lowest BCUT2D eigenvalue weighted by Gasteiger charge is -2.09. The SMILES string of the molecule is Fc1ccc(-n2cccc2-c2ccccc2)cc1. The summed E-state index contributed by atoms with van der Waals surface area (Å²) in [6, 6.07) is 20.7. The first-order valence-corrected chi connectivity index (χ1v) is 5.83. The molecule has 0 spiro atoms. The number of benzene rings is 2. The lowest BCUT2D eigenvalue weighted by molar-refractivity contribution is 0.627. The fourth-order valence-electron chi connectivity index (χ4n) is 2.05. The lowest BCUT2D eigenvalue weighted by atomic mass is 10.1. The first kappa shape index (κ1) is 10.8. The van der Waals surface area contributed by atoms with E-state index in [1.807, 2.05) is 30.5 Å². The summed E-state index contributed by atoms with van der Waals surface area (Å²) in [5.74, 6) is -0.216. The van der Waals surface area contributed by atoms with Gasteiger partial charge in [-0.3, -0.25) is 0 Å². The monoisotopic (exact) mass is 237 g/mol. The largest absolute Gasteiger partial charge is 0.317 e. The van der Waals surface area contributed by atoms with Crippen LogP contribution in [0.4, 0.5) is 4.39 Å². The molecule has 0 aliphatic carbocycles. The number of rotatable bonds is 2. The van der Waals surface area contributed by atoms with Crippen LogP contribution in [0.1, 0.15) is 0 Å². The van der Waals surface area contributed by atoms with Gasteiger partial charge in [0, 0.05) is 11.9 Å². The second kappa shape index (κ2) is 4.49. The molecular weight excluding hydrogens is 225 g/mol. The summed E-state index contributed by atoms with van der Waals surface area (Å²) in [5.41, 5.74) is 3.20. The first-order chi connectivity index (χ1) is 8.84. The van der Waals surface area contributed by atoms with Crippen LogP contribution in [0.2, 0.25) is 0 Å². The molecule has 0 N–H and O–H groups in total. The van der Waals surface area contributed by atoms with Crippen LogP contribution in [-0.2, 0) is 0 Å². The predicted octanol–water partition coefficient (Wildman–Crippen LogP) is 4.28. The molecule has 0 amide bonds. The van der Waals surface area contributed by atoms with Gasteiger partial charge in [0.1, 0.15) is 5.82 Å². The van der Waals surface area contributed by atoms with Gasteiger partial charge in [0.25, 0.3) is 0 Å². The highest BCUT2D eigenvalue weighted by atomic mass is 19.1. The summed E-state index contributed by atoms with van der Waals surface area (Å²) >= 11 is 0. The van der Waals surface area contributed by atoms with Crippen molar-refractivity contribution in [1.29, 1.82) is 0 Å². The quantitative estimate of drug-likeness (QED) is 0.626. The molecule has 0 saturated carbocycles. The van der Waals surface area contributed by atoms with Crippen molar-refractivity contribution in [1.82, 2.24) is 4.57 Å². The molecule has 1 nitrogen and oxygen atoms in total.